The van der Waals surface area contributed by atoms with E-state index in [-0.39, 0.29) is 5.69 Å². The first-order chi connectivity index (χ1) is 14.4. The van der Waals surface area contributed by atoms with Crippen molar-refractivity contribution in [2.24, 2.45) is 0 Å². The molecule has 0 aliphatic rings. The number of nitrogens with one attached hydrogen (secondary N) is 2. The topological polar surface area (TPSA) is 138 Å². The number of H-pyrrole nitrogens is 2. The smallest absolute Gasteiger partial charge is 0.357 e. The van der Waals surface area contributed by atoms with Gasteiger partial charge in [-0.25, -0.2) is 9.59 Å². The Hall–Kier alpha value is -4.27. The Morgan fingerprint density at radius 2 is 1.87 bits per heavy atom. The van der Waals surface area contributed by atoms with Crippen molar-refractivity contribution in [2.45, 2.75) is 13.8 Å². The van der Waals surface area contributed by atoms with Crippen molar-refractivity contribution in [3.63, 3.8) is 0 Å². The number of benzene rings is 2. The van der Waals surface area contributed by atoms with Crippen LogP contribution in [0.5, 0.6) is 0 Å². The van der Waals surface area contributed by atoms with Crippen molar-refractivity contribution in [1.82, 2.24) is 25.3 Å². The molecule has 3 heterocycles. The second-order valence-corrected chi connectivity index (χ2v) is 6.97. The largest absolute Gasteiger partial charge is 0.476 e. The lowest BCUT2D eigenvalue weighted by Crippen LogP contribution is -2.06. The molecule has 0 radical (unpaired) electrons. The molecule has 0 amide bonds. The first-order valence-corrected chi connectivity index (χ1v) is 9.12. The summed E-state index contributed by atoms with van der Waals surface area (Å²) in [5.41, 5.74) is 4.06. The fourth-order valence-corrected chi connectivity index (χ4v) is 3.86. The first-order valence-electron chi connectivity index (χ1n) is 9.12. The van der Waals surface area contributed by atoms with E-state index in [0.717, 1.165) is 11.1 Å². The number of aromatic carboxylic acids is 1. The monoisotopic (exact) mass is 401 g/mol. The number of aromatic nitrogens is 5. The summed E-state index contributed by atoms with van der Waals surface area (Å²) in [5.74, 6) is -0.594. The average molecular weight is 401 g/mol. The molecule has 148 valence electrons. The molecule has 2 aromatic carbocycles. The van der Waals surface area contributed by atoms with Gasteiger partial charge in [-0.05, 0) is 37.6 Å². The van der Waals surface area contributed by atoms with Gasteiger partial charge in [-0.1, -0.05) is 23.4 Å². The molecule has 3 aromatic heterocycles. The number of hydrogen-bond donors (Lipinski definition) is 3. The maximum atomic E-state index is 12.1. The van der Waals surface area contributed by atoms with E-state index in [4.69, 9.17) is 4.52 Å². The van der Waals surface area contributed by atoms with Gasteiger partial charge in [0.05, 0.1) is 22.2 Å². The second-order valence-electron chi connectivity index (χ2n) is 6.97. The van der Waals surface area contributed by atoms with E-state index in [1.54, 1.807) is 37.3 Å². The highest BCUT2D eigenvalue weighted by Crippen LogP contribution is 2.38. The van der Waals surface area contributed by atoms with Gasteiger partial charge in [0.2, 0.25) is 0 Å². The van der Waals surface area contributed by atoms with Crippen LogP contribution in [0.3, 0.4) is 0 Å². The molecule has 0 aliphatic heterocycles. The molecular weight excluding hydrogens is 386 g/mol. The van der Waals surface area contributed by atoms with Gasteiger partial charge in [0.1, 0.15) is 5.76 Å². The Kier molecular flexibility index (Phi) is 3.78. The third-order valence-corrected chi connectivity index (χ3v) is 5.09. The molecule has 0 fully saturated rings. The van der Waals surface area contributed by atoms with E-state index >= 15 is 0 Å². The molecule has 9 heteroatoms. The Balaban J connectivity index is 1.96. The van der Waals surface area contributed by atoms with Crippen molar-refractivity contribution in [3.05, 3.63) is 64.0 Å². The van der Waals surface area contributed by atoms with E-state index in [1.807, 2.05) is 13.0 Å². The van der Waals surface area contributed by atoms with Crippen LogP contribution in [0, 0.1) is 13.8 Å². The van der Waals surface area contributed by atoms with Crippen molar-refractivity contribution < 1.29 is 14.4 Å². The number of hydrogen-bond acceptors (Lipinski definition) is 6. The molecule has 30 heavy (non-hydrogen) atoms. The van der Waals surface area contributed by atoms with Gasteiger partial charge in [0.15, 0.2) is 5.69 Å². The highest BCUT2D eigenvalue weighted by atomic mass is 16.5. The second kappa shape index (κ2) is 6.38. The third kappa shape index (κ3) is 2.60. The van der Waals surface area contributed by atoms with Crippen LogP contribution in [0.15, 0.2) is 45.7 Å². The number of nitrogens with zero attached hydrogens (tertiary/aromatic N) is 3. The van der Waals surface area contributed by atoms with Crippen LogP contribution in [-0.2, 0) is 0 Å². The minimum absolute atomic E-state index is 0.201. The van der Waals surface area contributed by atoms with E-state index < -0.39 is 11.7 Å². The molecule has 5 rings (SSSR count). The van der Waals surface area contributed by atoms with Gasteiger partial charge >= 0.3 is 11.7 Å². The van der Waals surface area contributed by atoms with Crippen LogP contribution in [0.2, 0.25) is 0 Å². The number of aryl methyl sites for hydroxylation is 2. The highest BCUT2D eigenvalue weighted by Gasteiger charge is 2.23. The Labute approximate surface area is 168 Å². The summed E-state index contributed by atoms with van der Waals surface area (Å²) in [7, 11) is 0. The van der Waals surface area contributed by atoms with Crippen LogP contribution in [0.4, 0.5) is 0 Å². The fraction of sp³-hybridized carbons (Fsp3) is 0.0952. The molecule has 0 aliphatic carbocycles. The minimum Gasteiger partial charge on any atom is -0.476 e. The number of aromatic amines is 2. The van der Waals surface area contributed by atoms with Crippen molar-refractivity contribution in [3.8, 4) is 22.3 Å². The van der Waals surface area contributed by atoms with Gasteiger partial charge in [0, 0.05) is 22.1 Å². The predicted molar refractivity (Wildman–Crippen MR) is 109 cm³/mol. The van der Waals surface area contributed by atoms with Crippen LogP contribution >= 0.6 is 0 Å². The summed E-state index contributed by atoms with van der Waals surface area (Å²) in [6, 6.07) is 10.8. The maximum absolute atomic E-state index is 12.1. The number of rotatable bonds is 3. The Bertz CT molecular complexity index is 1510. The Morgan fingerprint density at radius 3 is 2.60 bits per heavy atom. The van der Waals surface area contributed by atoms with Crippen LogP contribution in [0.1, 0.15) is 21.9 Å². The van der Waals surface area contributed by atoms with Gasteiger partial charge < -0.3 is 19.6 Å². The van der Waals surface area contributed by atoms with Crippen LogP contribution in [-0.4, -0.2) is 36.4 Å². The molecule has 5 aromatic rings. The van der Waals surface area contributed by atoms with Gasteiger partial charge in [-0.2, -0.15) is 0 Å². The molecule has 0 saturated carbocycles. The zero-order valence-corrected chi connectivity index (χ0v) is 16.0. The van der Waals surface area contributed by atoms with E-state index in [0.29, 0.717) is 44.5 Å². The lowest BCUT2D eigenvalue weighted by Gasteiger charge is -2.12. The maximum Gasteiger partial charge on any atom is 0.357 e. The molecular formula is C21H15N5O4. The van der Waals surface area contributed by atoms with E-state index in [9.17, 15) is 14.7 Å². The summed E-state index contributed by atoms with van der Waals surface area (Å²) >= 11 is 0. The number of imidazole rings is 1. The predicted octanol–water partition coefficient (Wildman–Crippen LogP) is 3.44. The fourth-order valence-electron chi connectivity index (χ4n) is 3.86. The first kappa shape index (κ1) is 17.8. The molecule has 9 nitrogen and oxygen atoms in total. The number of carboxylic acids is 1. The summed E-state index contributed by atoms with van der Waals surface area (Å²) in [6.45, 7) is 3.62. The standard InChI is InChI=1S/C21H15N5O4/c1-9-16(10(2)30-26-9)11-7-13(18-15(8-11)22-21(29)23-18)17-12-5-3-4-6-14(12)24-25-19(17)20(27)28/h3-8H,1-2H3,(H,27,28)(H2,22,23,29). The van der Waals surface area contributed by atoms with Gasteiger partial charge in [-0.3, -0.25) is 0 Å². The number of fused-ring (bicyclic) bond motifs is 2. The van der Waals surface area contributed by atoms with Gasteiger partial charge in [0.25, 0.3) is 0 Å². The lowest BCUT2D eigenvalue weighted by molar-refractivity contribution is 0.0690. The summed E-state index contributed by atoms with van der Waals surface area (Å²) in [5, 5.41) is 22.4. The normalized spacial score (nSPS) is 11.4. The van der Waals surface area contributed by atoms with E-state index in [1.165, 1.54) is 0 Å². The molecule has 0 spiro atoms. The van der Waals surface area contributed by atoms with Crippen LogP contribution < -0.4 is 5.69 Å². The van der Waals surface area contributed by atoms with E-state index in [2.05, 4.69) is 25.3 Å². The van der Waals surface area contributed by atoms with Gasteiger partial charge in [-0.15, -0.1) is 10.2 Å². The quantitative estimate of drug-likeness (QED) is 0.421. The zero-order chi connectivity index (χ0) is 21.0. The summed E-state index contributed by atoms with van der Waals surface area (Å²) < 4.78 is 5.30. The average Bonchev–Trinajstić information content (AvgIpc) is 3.26. The summed E-state index contributed by atoms with van der Waals surface area (Å²) in [4.78, 5) is 29.6. The zero-order valence-electron chi connectivity index (χ0n) is 16.0. The molecule has 0 bridgehead atoms. The molecule has 0 atom stereocenters. The van der Waals surface area contributed by atoms with Crippen molar-refractivity contribution >= 4 is 27.9 Å². The molecule has 0 unspecified atom stereocenters. The van der Waals surface area contributed by atoms with Crippen molar-refractivity contribution in [1.29, 1.82) is 0 Å². The number of carbonyl (C=O) groups is 1. The molecule has 0 saturated heterocycles. The SMILES string of the molecule is Cc1noc(C)c1-c1cc(-c2c(C(=O)O)nnc3ccccc23)c2[nH]c(=O)[nH]c2c1. The van der Waals surface area contributed by atoms with Crippen LogP contribution in [0.25, 0.3) is 44.2 Å². The highest BCUT2D eigenvalue weighted by molar-refractivity contribution is 6.10. The Morgan fingerprint density at radius 1 is 1.07 bits per heavy atom. The van der Waals surface area contributed by atoms with Crippen molar-refractivity contribution in [2.75, 3.05) is 0 Å². The minimum atomic E-state index is -1.21. The summed E-state index contributed by atoms with van der Waals surface area (Å²) in [6.07, 6.45) is 0. The molecule has 3 N–H and O–H groups in total. The third-order valence-electron chi connectivity index (χ3n) is 5.09. The number of carboxylic acid groups (broad SMARTS) is 1. The lowest BCUT2D eigenvalue weighted by atomic mass is 9.93.